The second-order valence-corrected chi connectivity index (χ2v) is 23.8. The molecule has 9 heteroatoms. The van der Waals surface area contributed by atoms with Gasteiger partial charge in [0.1, 0.15) is 6.10 Å². The highest BCUT2D eigenvalue weighted by Gasteiger charge is 2.72. The van der Waals surface area contributed by atoms with E-state index in [1.807, 2.05) is 13.8 Å². The molecule has 59 heavy (non-hydrogen) atoms. The van der Waals surface area contributed by atoms with Gasteiger partial charge in [-0.1, -0.05) is 60.6 Å². The van der Waals surface area contributed by atoms with E-state index in [4.69, 9.17) is 14.2 Å². The van der Waals surface area contributed by atoms with Crippen LogP contribution >= 0.6 is 0 Å². The fraction of sp³-hybridized carbons (Fsp3) is 0.900. The van der Waals surface area contributed by atoms with E-state index in [1.165, 1.54) is 12.0 Å². The molecule has 7 fully saturated rings. The van der Waals surface area contributed by atoms with E-state index in [2.05, 4.69) is 72.2 Å². The number of ether oxygens (including phenoxy) is 3. The Bertz CT molecular complexity index is 1630. The molecule has 0 radical (unpaired) electrons. The second-order valence-electron chi connectivity index (χ2n) is 23.8. The summed E-state index contributed by atoms with van der Waals surface area (Å²) in [6, 6.07) is 0. The highest BCUT2D eigenvalue weighted by Crippen LogP contribution is 2.77. The fourth-order valence-electron chi connectivity index (χ4n) is 16.3. The van der Waals surface area contributed by atoms with Crippen LogP contribution in [-0.4, -0.2) is 85.6 Å². The Hall–Kier alpha value is -1.97. The lowest BCUT2D eigenvalue weighted by atomic mass is 9.32. The van der Waals surface area contributed by atoms with Gasteiger partial charge in [-0.05, 0) is 155 Å². The van der Waals surface area contributed by atoms with Crippen LogP contribution in [0.5, 0.6) is 0 Å². The number of esters is 1. The number of carbonyl (C=O) groups excluding carboxylic acids is 2. The van der Waals surface area contributed by atoms with E-state index in [0.717, 1.165) is 90.3 Å². The van der Waals surface area contributed by atoms with Gasteiger partial charge >= 0.3 is 11.9 Å². The van der Waals surface area contributed by atoms with Crippen molar-refractivity contribution in [2.24, 2.45) is 73.9 Å². The number of amides is 1. The van der Waals surface area contributed by atoms with Gasteiger partial charge < -0.3 is 29.5 Å². The third kappa shape index (κ3) is 7.27. The number of fused-ring (bicyclic) bond motifs is 7. The SMILES string of the molecule is C=C(C)[C@@H]1CC[C@]2(C(=O)NC(C)(C)CN3CCC(OCCOC)CC3)CC[C@]3(C)C(CC[C@@H]4[C@@]5(C)CC[C@H](OC(=O)C6C[C@@H](C(=O)O)C6(C)C)C(C)(C)[C@@H]5CC[C@]43C)[C@@H]12. The molecule has 7 rings (SSSR count). The van der Waals surface area contributed by atoms with Crippen molar-refractivity contribution in [3.05, 3.63) is 12.2 Å². The van der Waals surface area contributed by atoms with Gasteiger partial charge in [0.15, 0.2) is 0 Å². The van der Waals surface area contributed by atoms with Crippen molar-refractivity contribution in [2.75, 3.05) is 40.0 Å². The number of hydrogen-bond donors (Lipinski definition) is 2. The average Bonchev–Trinajstić information content (AvgIpc) is 3.55. The molecular formula is C50H82N2O7. The van der Waals surface area contributed by atoms with Gasteiger partial charge in [0.2, 0.25) is 5.91 Å². The summed E-state index contributed by atoms with van der Waals surface area (Å²) in [7, 11) is 1.71. The number of likely N-dealkylation sites (tertiary alicyclic amines) is 1. The number of carboxylic acid groups (broad SMARTS) is 1. The summed E-state index contributed by atoms with van der Waals surface area (Å²) < 4.78 is 17.7. The number of allylic oxidation sites excluding steroid dienone is 1. The highest BCUT2D eigenvalue weighted by atomic mass is 16.5. The molecule has 0 bridgehead atoms. The number of rotatable bonds is 12. The van der Waals surface area contributed by atoms with Crippen LogP contribution in [0.3, 0.4) is 0 Å². The number of methoxy groups -OCH3 is 1. The first-order chi connectivity index (χ1) is 27.5. The number of carboxylic acids is 1. The number of nitrogens with one attached hydrogen (secondary N) is 1. The first-order valence-corrected chi connectivity index (χ1v) is 23.7. The van der Waals surface area contributed by atoms with Gasteiger partial charge in [0, 0.05) is 37.7 Å². The Morgan fingerprint density at radius 1 is 0.797 bits per heavy atom. The lowest BCUT2D eigenvalue weighted by Crippen LogP contribution is -2.68. The molecule has 7 aliphatic rings. The van der Waals surface area contributed by atoms with Crippen molar-refractivity contribution in [1.29, 1.82) is 0 Å². The molecule has 12 atom stereocenters. The van der Waals surface area contributed by atoms with Gasteiger partial charge in [-0.15, -0.1) is 0 Å². The van der Waals surface area contributed by atoms with Gasteiger partial charge in [-0.25, -0.2) is 0 Å². The molecule has 9 nitrogen and oxygen atoms in total. The Labute approximate surface area is 357 Å². The van der Waals surface area contributed by atoms with Crippen molar-refractivity contribution < 1.29 is 33.7 Å². The molecule has 0 aromatic heterocycles. The van der Waals surface area contributed by atoms with Gasteiger partial charge in [0.05, 0.1) is 36.6 Å². The molecule has 0 spiro atoms. The molecule has 6 aliphatic carbocycles. The number of carbonyl (C=O) groups is 3. The lowest BCUT2D eigenvalue weighted by Gasteiger charge is -2.73. The summed E-state index contributed by atoms with van der Waals surface area (Å²) >= 11 is 0. The maximum absolute atomic E-state index is 15.1. The van der Waals surface area contributed by atoms with E-state index in [0.29, 0.717) is 49.2 Å². The molecule has 0 aromatic rings. The van der Waals surface area contributed by atoms with Crippen molar-refractivity contribution in [3.63, 3.8) is 0 Å². The van der Waals surface area contributed by atoms with Crippen LogP contribution in [0.4, 0.5) is 0 Å². The third-order valence-electron chi connectivity index (χ3n) is 19.8. The van der Waals surface area contributed by atoms with Gasteiger partial charge in [-0.2, -0.15) is 0 Å². The van der Waals surface area contributed by atoms with Crippen molar-refractivity contribution >= 4 is 17.8 Å². The molecular weight excluding hydrogens is 741 g/mol. The summed E-state index contributed by atoms with van der Waals surface area (Å²) in [5.74, 6) is 0.551. The Balaban J connectivity index is 1.06. The average molecular weight is 823 g/mol. The maximum Gasteiger partial charge on any atom is 0.309 e. The Morgan fingerprint density at radius 3 is 2.12 bits per heavy atom. The third-order valence-corrected chi connectivity index (χ3v) is 19.8. The first kappa shape index (κ1) is 45.1. The van der Waals surface area contributed by atoms with Gasteiger partial charge in [-0.3, -0.25) is 14.4 Å². The number of aliphatic carboxylic acids is 1. The predicted molar refractivity (Wildman–Crippen MR) is 231 cm³/mol. The minimum Gasteiger partial charge on any atom is -0.481 e. The normalized spacial score (nSPS) is 42.9. The highest BCUT2D eigenvalue weighted by molar-refractivity contribution is 5.84. The lowest BCUT2D eigenvalue weighted by molar-refractivity contribution is -0.251. The monoisotopic (exact) mass is 823 g/mol. The quantitative estimate of drug-likeness (QED) is 0.114. The van der Waals surface area contributed by atoms with Crippen LogP contribution in [0.25, 0.3) is 0 Å². The zero-order valence-electron chi connectivity index (χ0n) is 39.0. The summed E-state index contributed by atoms with van der Waals surface area (Å²) in [5, 5.41) is 13.4. The molecule has 1 heterocycles. The molecule has 334 valence electrons. The summed E-state index contributed by atoms with van der Waals surface area (Å²) in [5.41, 5.74) is 0.170. The van der Waals surface area contributed by atoms with Crippen LogP contribution in [0.15, 0.2) is 12.2 Å². The van der Waals surface area contributed by atoms with E-state index in [9.17, 15) is 14.7 Å². The van der Waals surface area contributed by atoms with Crippen molar-refractivity contribution in [2.45, 2.75) is 170 Å². The van der Waals surface area contributed by atoms with Crippen LogP contribution in [-0.2, 0) is 28.6 Å². The zero-order valence-corrected chi connectivity index (χ0v) is 39.0. The smallest absolute Gasteiger partial charge is 0.309 e. The molecule has 0 aromatic carbocycles. The molecule has 2 N–H and O–H groups in total. The van der Waals surface area contributed by atoms with E-state index in [-0.39, 0.29) is 62.6 Å². The second kappa shape index (κ2) is 15.7. The molecule has 1 aliphatic heterocycles. The standard InChI is InChI=1S/C50H82N2O7/c1-31(2)33-15-22-50(43(56)51-44(3,4)30-52-25-18-32(19-26-52)58-28-27-57-12)24-23-48(10)34(40(33)50)13-14-38-47(9)20-17-39(46(7,8)37(47)16-21-49(38,48)11)59-42(55)36-29-35(41(53)54)45(36,5)6/h32-40H,1,13-30H2,2-12H3,(H,51,56)(H,53,54)/t33-,34?,35-,36?,37-,38+,39-,40+,47-,48+,49+,50-/m0/s1. The van der Waals surface area contributed by atoms with E-state index >= 15 is 4.79 Å². The molecule has 6 saturated carbocycles. The Kier molecular flexibility index (Phi) is 12.0. The molecule has 1 saturated heterocycles. The number of piperidine rings is 1. The number of nitrogens with zero attached hydrogens (tertiary/aromatic N) is 1. The maximum atomic E-state index is 15.1. The number of hydrogen-bond acceptors (Lipinski definition) is 7. The summed E-state index contributed by atoms with van der Waals surface area (Å²) in [6.07, 6.45) is 13.1. The Morgan fingerprint density at radius 2 is 1.49 bits per heavy atom. The first-order valence-electron chi connectivity index (χ1n) is 23.7. The fourth-order valence-corrected chi connectivity index (χ4v) is 16.3. The van der Waals surface area contributed by atoms with Crippen molar-refractivity contribution in [1.82, 2.24) is 10.2 Å². The topological polar surface area (TPSA) is 114 Å². The van der Waals surface area contributed by atoms with Crippen LogP contribution < -0.4 is 5.32 Å². The predicted octanol–water partition coefficient (Wildman–Crippen LogP) is 9.32. The molecule has 1 amide bonds. The van der Waals surface area contributed by atoms with Crippen LogP contribution in [0, 0.1) is 73.9 Å². The van der Waals surface area contributed by atoms with Crippen molar-refractivity contribution in [3.8, 4) is 0 Å². The summed E-state index contributed by atoms with van der Waals surface area (Å²) in [6.45, 7) is 31.7. The largest absolute Gasteiger partial charge is 0.481 e. The molecule has 2 unspecified atom stereocenters. The minimum atomic E-state index is -0.816. The minimum absolute atomic E-state index is 0.117. The van der Waals surface area contributed by atoms with E-state index < -0.39 is 17.3 Å². The van der Waals surface area contributed by atoms with E-state index in [1.54, 1.807) is 7.11 Å². The van der Waals surface area contributed by atoms with Crippen LogP contribution in [0.1, 0.15) is 153 Å². The van der Waals surface area contributed by atoms with Crippen LogP contribution in [0.2, 0.25) is 0 Å². The summed E-state index contributed by atoms with van der Waals surface area (Å²) in [4.78, 5) is 43.1. The van der Waals surface area contributed by atoms with Gasteiger partial charge in [0.25, 0.3) is 0 Å². The zero-order chi connectivity index (χ0) is 43.1.